The Kier molecular flexibility index (Phi) is 5.83. The van der Waals surface area contributed by atoms with Crippen molar-refractivity contribution in [1.82, 2.24) is 24.3 Å². The molecule has 1 atom stereocenters. The van der Waals surface area contributed by atoms with E-state index in [-0.39, 0.29) is 11.9 Å². The summed E-state index contributed by atoms with van der Waals surface area (Å²) >= 11 is 0. The summed E-state index contributed by atoms with van der Waals surface area (Å²) in [7, 11) is 0. The van der Waals surface area contributed by atoms with Gasteiger partial charge in [0.15, 0.2) is 0 Å². The molecular weight excluding hydrogens is 428 g/mol. The van der Waals surface area contributed by atoms with Gasteiger partial charge >= 0.3 is 0 Å². The molecule has 2 N–H and O–H groups in total. The van der Waals surface area contributed by atoms with Gasteiger partial charge in [0.05, 0.1) is 11.7 Å². The number of imidazole rings is 1. The molecule has 34 heavy (non-hydrogen) atoms. The van der Waals surface area contributed by atoms with E-state index in [2.05, 4.69) is 21.8 Å². The molecule has 1 aliphatic rings. The Bertz CT molecular complexity index is 1390. The first kappa shape index (κ1) is 21.5. The predicted octanol–water partition coefficient (Wildman–Crippen LogP) is 3.64. The van der Waals surface area contributed by atoms with Crippen LogP contribution in [-0.4, -0.2) is 36.7 Å². The first-order chi connectivity index (χ1) is 16.7. The van der Waals surface area contributed by atoms with Crippen molar-refractivity contribution in [2.45, 2.75) is 32.4 Å². The minimum absolute atomic E-state index is 0.169. The number of carbonyl (C=O) groups is 1. The molecular formula is C26H24N6O2. The second kappa shape index (κ2) is 9.24. The maximum atomic E-state index is 12.6. The molecule has 1 amide bonds. The molecule has 170 valence electrons. The van der Waals surface area contributed by atoms with E-state index in [9.17, 15) is 4.79 Å². The van der Waals surface area contributed by atoms with Gasteiger partial charge in [0.25, 0.3) is 5.91 Å². The van der Waals surface area contributed by atoms with Gasteiger partial charge in [-0.3, -0.25) is 14.2 Å². The number of ether oxygens (including phenoxy) is 1. The number of benzene rings is 1. The van der Waals surface area contributed by atoms with Crippen molar-refractivity contribution in [2.24, 2.45) is 0 Å². The normalized spacial score (nSPS) is 15.2. The van der Waals surface area contributed by atoms with E-state index >= 15 is 0 Å². The van der Waals surface area contributed by atoms with Crippen LogP contribution < -0.4 is 10.5 Å². The second-order valence-corrected chi connectivity index (χ2v) is 8.02. The van der Waals surface area contributed by atoms with Crippen molar-refractivity contribution in [1.29, 1.82) is 0 Å². The van der Waals surface area contributed by atoms with Crippen molar-refractivity contribution in [3.05, 3.63) is 72.6 Å². The Labute approximate surface area is 197 Å². The standard InChI is InChI=1S/C26H24N6O2/c1-2-6-22(33)31-15-5-8-21(31)26-30-23(24-25(27)29-14-16-32(24)26)18-9-11-20(12-10-18)34-17-19-7-3-4-13-28-19/h3-4,7,9-14,16,21H,5,8,15,17H2,1H3,(H2,27,29)/t21-/m0/s1. The topological polar surface area (TPSA) is 98.6 Å². The molecule has 4 heterocycles. The zero-order valence-corrected chi connectivity index (χ0v) is 18.8. The van der Waals surface area contributed by atoms with Gasteiger partial charge in [0.1, 0.15) is 35.2 Å². The van der Waals surface area contributed by atoms with Crippen LogP contribution in [-0.2, 0) is 11.4 Å². The highest BCUT2D eigenvalue weighted by Crippen LogP contribution is 2.36. The van der Waals surface area contributed by atoms with Gasteiger partial charge in [-0.15, -0.1) is 0 Å². The number of amides is 1. The van der Waals surface area contributed by atoms with E-state index < -0.39 is 0 Å². The number of hydrogen-bond donors (Lipinski definition) is 1. The minimum atomic E-state index is -0.181. The number of hydrogen-bond acceptors (Lipinski definition) is 6. The second-order valence-electron chi connectivity index (χ2n) is 8.02. The van der Waals surface area contributed by atoms with Crippen LogP contribution in [0.25, 0.3) is 16.8 Å². The van der Waals surface area contributed by atoms with Crippen LogP contribution in [0.2, 0.25) is 0 Å². The molecule has 0 radical (unpaired) electrons. The number of nitrogens with two attached hydrogens (primary N) is 1. The predicted molar refractivity (Wildman–Crippen MR) is 129 cm³/mol. The molecule has 1 fully saturated rings. The molecule has 1 saturated heterocycles. The third kappa shape index (κ3) is 4.04. The van der Waals surface area contributed by atoms with E-state index in [1.165, 1.54) is 0 Å². The zero-order valence-electron chi connectivity index (χ0n) is 18.8. The van der Waals surface area contributed by atoms with Gasteiger partial charge in [-0.2, -0.15) is 0 Å². The number of aromatic nitrogens is 4. The van der Waals surface area contributed by atoms with Crippen LogP contribution in [0.3, 0.4) is 0 Å². The van der Waals surface area contributed by atoms with Crippen LogP contribution in [0.15, 0.2) is 61.1 Å². The monoisotopic (exact) mass is 452 g/mol. The highest BCUT2D eigenvalue weighted by Gasteiger charge is 2.33. The fourth-order valence-electron chi connectivity index (χ4n) is 4.33. The summed E-state index contributed by atoms with van der Waals surface area (Å²) in [5.41, 5.74) is 9.47. The third-order valence-electron chi connectivity index (χ3n) is 5.89. The molecule has 3 aromatic heterocycles. The van der Waals surface area contributed by atoms with Crippen molar-refractivity contribution in [3.8, 4) is 28.8 Å². The lowest BCUT2D eigenvalue weighted by Crippen LogP contribution is -2.30. The number of nitrogens with zero attached hydrogens (tertiary/aromatic N) is 5. The average molecular weight is 453 g/mol. The number of anilines is 1. The molecule has 1 aromatic carbocycles. The molecule has 8 heteroatoms. The summed E-state index contributed by atoms with van der Waals surface area (Å²) in [4.78, 5) is 27.9. The maximum absolute atomic E-state index is 12.6. The first-order valence-electron chi connectivity index (χ1n) is 11.1. The first-order valence-corrected chi connectivity index (χ1v) is 11.1. The summed E-state index contributed by atoms with van der Waals surface area (Å²) in [6.45, 7) is 2.72. The van der Waals surface area contributed by atoms with E-state index in [1.54, 1.807) is 24.2 Å². The van der Waals surface area contributed by atoms with Crippen LogP contribution in [0.5, 0.6) is 5.75 Å². The van der Waals surface area contributed by atoms with Crippen LogP contribution >= 0.6 is 0 Å². The van der Waals surface area contributed by atoms with Crippen molar-refractivity contribution >= 4 is 17.2 Å². The fraction of sp³-hybridized carbons (Fsp3) is 0.231. The number of rotatable bonds is 5. The lowest BCUT2D eigenvalue weighted by atomic mass is 10.1. The zero-order chi connectivity index (χ0) is 23.5. The number of carbonyl (C=O) groups excluding carboxylic acids is 1. The largest absolute Gasteiger partial charge is 0.487 e. The molecule has 4 aromatic rings. The molecule has 0 spiro atoms. The average Bonchev–Trinajstić information content (AvgIpc) is 3.50. The number of fused-ring (bicyclic) bond motifs is 1. The van der Waals surface area contributed by atoms with E-state index in [0.29, 0.717) is 19.0 Å². The summed E-state index contributed by atoms with van der Waals surface area (Å²) in [6.07, 6.45) is 6.95. The molecule has 0 aliphatic carbocycles. The Balaban J connectivity index is 1.48. The van der Waals surface area contributed by atoms with Gasteiger partial charge in [0.2, 0.25) is 0 Å². The van der Waals surface area contributed by atoms with Crippen LogP contribution in [0.4, 0.5) is 5.82 Å². The Hall–Kier alpha value is -4.38. The maximum Gasteiger partial charge on any atom is 0.299 e. The lowest BCUT2D eigenvalue weighted by Gasteiger charge is -2.21. The minimum Gasteiger partial charge on any atom is -0.487 e. The summed E-state index contributed by atoms with van der Waals surface area (Å²) in [5.74, 6) is 7.06. The molecule has 1 aliphatic heterocycles. The Morgan fingerprint density at radius 3 is 2.79 bits per heavy atom. The SMILES string of the molecule is CC#CC(=O)N1CCC[C@H]1c1nc(-c2ccc(OCc3ccccn3)cc2)c2c(N)nccn12. The molecule has 0 saturated carbocycles. The van der Waals surface area contributed by atoms with Gasteiger partial charge < -0.3 is 15.4 Å². The van der Waals surface area contributed by atoms with Crippen molar-refractivity contribution < 1.29 is 9.53 Å². The van der Waals surface area contributed by atoms with Gasteiger partial charge in [-0.25, -0.2) is 9.97 Å². The highest BCUT2D eigenvalue weighted by molar-refractivity contribution is 5.94. The Morgan fingerprint density at radius 1 is 1.18 bits per heavy atom. The van der Waals surface area contributed by atoms with E-state index in [0.717, 1.165) is 46.9 Å². The quantitative estimate of drug-likeness (QED) is 0.464. The van der Waals surface area contributed by atoms with E-state index in [1.807, 2.05) is 53.1 Å². The van der Waals surface area contributed by atoms with Crippen molar-refractivity contribution in [3.63, 3.8) is 0 Å². The molecule has 8 nitrogen and oxygen atoms in total. The van der Waals surface area contributed by atoms with Gasteiger partial charge in [-0.05, 0) is 62.1 Å². The number of pyridine rings is 1. The molecule has 0 unspecified atom stereocenters. The number of nitrogen functional groups attached to an aromatic ring is 1. The summed E-state index contributed by atoms with van der Waals surface area (Å²) in [5, 5.41) is 0. The fourth-order valence-corrected chi connectivity index (χ4v) is 4.33. The van der Waals surface area contributed by atoms with Crippen LogP contribution in [0.1, 0.15) is 37.3 Å². The van der Waals surface area contributed by atoms with Gasteiger partial charge in [0, 0.05) is 30.7 Å². The van der Waals surface area contributed by atoms with Crippen LogP contribution in [0, 0.1) is 11.8 Å². The van der Waals surface area contributed by atoms with E-state index in [4.69, 9.17) is 15.5 Å². The Morgan fingerprint density at radius 2 is 2.03 bits per heavy atom. The molecule has 0 bridgehead atoms. The molecule has 5 rings (SSSR count). The highest BCUT2D eigenvalue weighted by atomic mass is 16.5. The lowest BCUT2D eigenvalue weighted by molar-refractivity contribution is -0.126. The van der Waals surface area contributed by atoms with Crippen molar-refractivity contribution in [2.75, 3.05) is 12.3 Å². The third-order valence-corrected chi connectivity index (χ3v) is 5.89. The summed E-state index contributed by atoms with van der Waals surface area (Å²) in [6, 6.07) is 13.3. The summed E-state index contributed by atoms with van der Waals surface area (Å²) < 4.78 is 7.81. The van der Waals surface area contributed by atoms with Gasteiger partial charge in [-0.1, -0.05) is 12.0 Å². The number of likely N-dealkylation sites (tertiary alicyclic amines) is 1. The smallest absolute Gasteiger partial charge is 0.299 e.